The average Bonchev–Trinajstić information content (AvgIpc) is 2.35. The number of esters is 1. The zero-order valence-electron chi connectivity index (χ0n) is 11.5. The van der Waals surface area contributed by atoms with E-state index in [0.29, 0.717) is 18.8 Å². The summed E-state index contributed by atoms with van der Waals surface area (Å²) in [6.45, 7) is 7.36. The van der Waals surface area contributed by atoms with Gasteiger partial charge in [-0.15, -0.1) is 0 Å². The van der Waals surface area contributed by atoms with Crippen LogP contribution in [0, 0.1) is 0 Å². The van der Waals surface area contributed by atoms with Crippen LogP contribution in [0.25, 0.3) is 0 Å². The fourth-order valence-corrected chi connectivity index (χ4v) is 1.37. The molecule has 0 heterocycles. The molecule has 106 valence electrons. The summed E-state index contributed by atoms with van der Waals surface area (Å²) in [6.07, 6.45) is 5.83. The van der Waals surface area contributed by atoms with Crippen LogP contribution in [0.4, 0.5) is 0 Å². The van der Waals surface area contributed by atoms with E-state index in [1.165, 1.54) is 0 Å². The summed E-state index contributed by atoms with van der Waals surface area (Å²) in [4.78, 5) is 11.0. The number of aliphatic hydroxyl groups excluding tert-OH is 1. The molecule has 4 heteroatoms. The molecule has 0 aliphatic rings. The molecule has 0 aromatic heterocycles. The van der Waals surface area contributed by atoms with Crippen LogP contribution in [0.15, 0.2) is 12.2 Å². The molecular weight excluding hydrogens is 232 g/mol. The van der Waals surface area contributed by atoms with E-state index in [1.54, 1.807) is 6.92 Å². The summed E-state index contributed by atoms with van der Waals surface area (Å²) in [5, 5.41) is 8.59. The van der Waals surface area contributed by atoms with Gasteiger partial charge in [-0.2, -0.15) is 0 Å². The molecule has 0 rings (SSSR count). The molecule has 0 aliphatic heterocycles. The van der Waals surface area contributed by atoms with Crippen molar-refractivity contribution in [3.05, 3.63) is 12.2 Å². The van der Waals surface area contributed by atoms with Crippen molar-refractivity contribution in [3.63, 3.8) is 0 Å². The van der Waals surface area contributed by atoms with Gasteiger partial charge in [0, 0.05) is 25.4 Å². The van der Waals surface area contributed by atoms with E-state index < -0.39 is 0 Å². The van der Waals surface area contributed by atoms with Crippen LogP contribution in [0.3, 0.4) is 0 Å². The third-order valence-corrected chi connectivity index (χ3v) is 2.46. The van der Waals surface area contributed by atoms with Gasteiger partial charge in [-0.25, -0.2) is 4.79 Å². The van der Waals surface area contributed by atoms with Crippen molar-refractivity contribution < 1.29 is 19.4 Å². The maximum absolute atomic E-state index is 11.0. The van der Waals surface area contributed by atoms with Crippen molar-refractivity contribution >= 4 is 5.97 Å². The molecule has 0 saturated carbocycles. The number of hydrogen-bond acceptors (Lipinski definition) is 4. The van der Waals surface area contributed by atoms with Gasteiger partial charge < -0.3 is 14.6 Å². The Balaban J connectivity index is 3.07. The Morgan fingerprint density at radius 1 is 1.00 bits per heavy atom. The third kappa shape index (κ3) is 11.6. The highest BCUT2D eigenvalue weighted by Gasteiger charge is 2.01. The molecule has 0 radical (unpaired) electrons. The Labute approximate surface area is 110 Å². The minimum Gasteiger partial charge on any atom is -0.462 e. The smallest absolute Gasteiger partial charge is 0.333 e. The Kier molecular flexibility index (Phi) is 12.0. The molecule has 0 aromatic rings. The van der Waals surface area contributed by atoms with Gasteiger partial charge >= 0.3 is 5.97 Å². The first kappa shape index (κ1) is 17.1. The second kappa shape index (κ2) is 12.6. The molecule has 4 nitrogen and oxygen atoms in total. The van der Waals surface area contributed by atoms with Gasteiger partial charge in [0.2, 0.25) is 0 Å². The van der Waals surface area contributed by atoms with E-state index in [-0.39, 0.29) is 12.6 Å². The van der Waals surface area contributed by atoms with Gasteiger partial charge in [-0.3, -0.25) is 0 Å². The molecule has 0 amide bonds. The minimum absolute atomic E-state index is 0.282. The summed E-state index contributed by atoms with van der Waals surface area (Å²) < 4.78 is 10.4. The van der Waals surface area contributed by atoms with Crippen LogP contribution in [-0.4, -0.2) is 37.5 Å². The van der Waals surface area contributed by atoms with E-state index in [2.05, 4.69) is 6.58 Å². The summed E-state index contributed by atoms with van der Waals surface area (Å²) in [7, 11) is 0. The molecule has 0 aliphatic carbocycles. The van der Waals surface area contributed by atoms with Crippen molar-refractivity contribution in [2.24, 2.45) is 0 Å². The first-order valence-electron chi connectivity index (χ1n) is 6.69. The van der Waals surface area contributed by atoms with Crippen LogP contribution < -0.4 is 0 Å². The van der Waals surface area contributed by atoms with Crippen LogP contribution in [0.1, 0.15) is 45.4 Å². The van der Waals surface area contributed by atoms with Crippen molar-refractivity contribution in [2.45, 2.75) is 45.4 Å². The van der Waals surface area contributed by atoms with Crippen LogP contribution >= 0.6 is 0 Å². The normalized spacial score (nSPS) is 10.3. The van der Waals surface area contributed by atoms with Gasteiger partial charge in [0.25, 0.3) is 0 Å². The first-order chi connectivity index (χ1) is 8.68. The lowest BCUT2D eigenvalue weighted by molar-refractivity contribution is -0.139. The van der Waals surface area contributed by atoms with E-state index in [0.717, 1.165) is 45.1 Å². The second-order valence-corrected chi connectivity index (χ2v) is 4.37. The number of aliphatic hydroxyl groups is 1. The molecule has 1 N–H and O–H groups in total. The van der Waals surface area contributed by atoms with E-state index in [9.17, 15) is 4.79 Å². The Morgan fingerprint density at radius 3 is 2.17 bits per heavy atom. The number of hydrogen-bond donors (Lipinski definition) is 1. The first-order valence-corrected chi connectivity index (χ1v) is 6.69. The maximum atomic E-state index is 11.0. The molecule has 0 spiro atoms. The monoisotopic (exact) mass is 258 g/mol. The molecule has 0 atom stereocenters. The number of carbonyl (C=O) groups is 1. The second-order valence-electron chi connectivity index (χ2n) is 4.37. The van der Waals surface area contributed by atoms with Crippen molar-refractivity contribution in [1.82, 2.24) is 0 Å². The number of rotatable bonds is 12. The zero-order valence-corrected chi connectivity index (χ0v) is 11.5. The van der Waals surface area contributed by atoms with Crippen molar-refractivity contribution in [1.29, 1.82) is 0 Å². The third-order valence-electron chi connectivity index (χ3n) is 2.46. The average molecular weight is 258 g/mol. The van der Waals surface area contributed by atoms with Crippen LogP contribution in [0.5, 0.6) is 0 Å². The molecule has 0 fully saturated rings. The number of carbonyl (C=O) groups excluding carboxylic acids is 1. The van der Waals surface area contributed by atoms with Crippen molar-refractivity contribution in [3.8, 4) is 0 Å². The van der Waals surface area contributed by atoms with Crippen LogP contribution in [0.2, 0.25) is 0 Å². The lowest BCUT2D eigenvalue weighted by atomic mass is 10.2. The largest absolute Gasteiger partial charge is 0.462 e. The fourth-order valence-electron chi connectivity index (χ4n) is 1.37. The lowest BCUT2D eigenvalue weighted by Crippen LogP contribution is -2.07. The molecule has 0 saturated heterocycles. The van der Waals surface area contributed by atoms with Gasteiger partial charge in [0.15, 0.2) is 0 Å². The summed E-state index contributed by atoms with van der Waals surface area (Å²) >= 11 is 0. The van der Waals surface area contributed by atoms with E-state index >= 15 is 0 Å². The summed E-state index contributed by atoms with van der Waals surface area (Å²) in [5.41, 5.74) is 0.439. The highest BCUT2D eigenvalue weighted by Crippen LogP contribution is 2.00. The Bertz CT molecular complexity index is 226. The topological polar surface area (TPSA) is 55.8 Å². The zero-order chi connectivity index (χ0) is 13.6. The molecule has 0 unspecified atom stereocenters. The number of unbranched alkanes of at least 4 members (excludes halogenated alkanes) is 4. The van der Waals surface area contributed by atoms with Crippen molar-refractivity contribution in [2.75, 3.05) is 26.4 Å². The highest BCUT2D eigenvalue weighted by molar-refractivity contribution is 5.86. The Morgan fingerprint density at radius 2 is 1.56 bits per heavy atom. The quantitative estimate of drug-likeness (QED) is 0.332. The standard InChI is InChI=1S/C14H26O4/c1-13(2)14(16)18-12-8-7-11-17-10-6-4-3-5-9-15/h15H,1,3-12H2,2H3. The molecule has 0 bridgehead atoms. The molecular formula is C14H26O4. The van der Waals surface area contributed by atoms with Gasteiger partial charge in [0.05, 0.1) is 6.61 Å². The SMILES string of the molecule is C=C(C)C(=O)OCCCCOCCCCCCO. The maximum Gasteiger partial charge on any atom is 0.333 e. The summed E-state index contributed by atoms with van der Waals surface area (Å²) in [5.74, 6) is -0.320. The molecule has 18 heavy (non-hydrogen) atoms. The van der Waals surface area contributed by atoms with Crippen LogP contribution in [-0.2, 0) is 14.3 Å². The van der Waals surface area contributed by atoms with Gasteiger partial charge in [-0.05, 0) is 32.6 Å². The fraction of sp³-hybridized carbons (Fsp3) is 0.786. The van der Waals surface area contributed by atoms with E-state index in [4.69, 9.17) is 14.6 Å². The predicted octanol–water partition coefficient (Wildman–Crippen LogP) is 2.46. The molecule has 0 aromatic carbocycles. The highest BCUT2D eigenvalue weighted by atomic mass is 16.5. The van der Waals surface area contributed by atoms with Gasteiger partial charge in [0.1, 0.15) is 0 Å². The lowest BCUT2D eigenvalue weighted by Gasteiger charge is -2.05. The Hall–Kier alpha value is -0.870. The summed E-state index contributed by atoms with van der Waals surface area (Å²) in [6, 6.07) is 0. The van der Waals surface area contributed by atoms with Gasteiger partial charge in [-0.1, -0.05) is 19.4 Å². The number of ether oxygens (including phenoxy) is 2. The predicted molar refractivity (Wildman–Crippen MR) is 71.4 cm³/mol. The minimum atomic E-state index is -0.320. The van der Waals surface area contributed by atoms with E-state index in [1.807, 2.05) is 0 Å².